The summed E-state index contributed by atoms with van der Waals surface area (Å²) in [5.74, 6) is 0.505. The molecule has 0 aliphatic carbocycles. The highest BCUT2D eigenvalue weighted by atomic mass is 19.4. The molecule has 1 aromatic carbocycles. The van der Waals surface area contributed by atoms with Gasteiger partial charge in [-0.15, -0.1) is 0 Å². The molecule has 29 heavy (non-hydrogen) atoms. The number of benzene rings is 1. The SMILES string of the molecule is CC(=O)NCCc1c[nH]c2ccc(OCCOc3nccc(C(F)(F)F)n3)cc12. The Kier molecular flexibility index (Phi) is 6.20. The molecular formula is C19H19F3N4O3. The lowest BCUT2D eigenvalue weighted by atomic mass is 10.1. The second kappa shape index (κ2) is 8.80. The van der Waals surface area contributed by atoms with Crippen LogP contribution in [-0.2, 0) is 17.4 Å². The molecule has 0 atom stereocenters. The highest BCUT2D eigenvalue weighted by molar-refractivity contribution is 5.84. The predicted octanol–water partition coefficient (Wildman–Crippen LogP) is 3.11. The molecule has 154 valence electrons. The number of H-pyrrole nitrogens is 1. The Hall–Kier alpha value is -3.30. The average molecular weight is 408 g/mol. The smallest absolute Gasteiger partial charge is 0.433 e. The third-order valence-corrected chi connectivity index (χ3v) is 4.01. The fraction of sp³-hybridized carbons (Fsp3) is 0.316. The number of fused-ring (bicyclic) bond motifs is 1. The summed E-state index contributed by atoms with van der Waals surface area (Å²) in [5.41, 5.74) is 0.907. The van der Waals surface area contributed by atoms with E-state index >= 15 is 0 Å². The van der Waals surface area contributed by atoms with E-state index in [4.69, 9.17) is 9.47 Å². The summed E-state index contributed by atoms with van der Waals surface area (Å²) in [4.78, 5) is 21.1. The molecule has 3 aromatic rings. The van der Waals surface area contributed by atoms with Crippen molar-refractivity contribution in [2.24, 2.45) is 0 Å². The first-order valence-corrected chi connectivity index (χ1v) is 8.83. The van der Waals surface area contributed by atoms with Crippen molar-refractivity contribution in [3.8, 4) is 11.8 Å². The van der Waals surface area contributed by atoms with Crippen LogP contribution in [0.3, 0.4) is 0 Å². The van der Waals surface area contributed by atoms with Crippen LogP contribution >= 0.6 is 0 Å². The number of nitrogens with one attached hydrogen (secondary N) is 2. The number of amides is 1. The van der Waals surface area contributed by atoms with Crippen LogP contribution < -0.4 is 14.8 Å². The first-order valence-electron chi connectivity index (χ1n) is 8.83. The van der Waals surface area contributed by atoms with Crippen molar-refractivity contribution < 1.29 is 27.4 Å². The summed E-state index contributed by atoms with van der Waals surface area (Å²) in [5, 5.41) is 3.72. The molecule has 1 amide bonds. The van der Waals surface area contributed by atoms with Crippen LogP contribution in [0, 0.1) is 0 Å². The van der Waals surface area contributed by atoms with Gasteiger partial charge < -0.3 is 19.8 Å². The zero-order valence-electron chi connectivity index (χ0n) is 15.5. The van der Waals surface area contributed by atoms with Gasteiger partial charge in [0.05, 0.1) is 0 Å². The number of alkyl halides is 3. The molecule has 0 bridgehead atoms. The van der Waals surface area contributed by atoms with E-state index in [0.29, 0.717) is 18.7 Å². The molecule has 2 aromatic heterocycles. The molecule has 2 heterocycles. The minimum Gasteiger partial charge on any atom is -0.490 e. The van der Waals surface area contributed by atoms with Crippen molar-refractivity contribution in [1.82, 2.24) is 20.3 Å². The second-order valence-corrected chi connectivity index (χ2v) is 6.17. The van der Waals surface area contributed by atoms with E-state index in [-0.39, 0.29) is 25.1 Å². The van der Waals surface area contributed by atoms with Gasteiger partial charge in [-0.1, -0.05) is 0 Å². The zero-order valence-corrected chi connectivity index (χ0v) is 15.5. The molecule has 0 fully saturated rings. The van der Waals surface area contributed by atoms with Gasteiger partial charge in [-0.05, 0) is 36.2 Å². The van der Waals surface area contributed by atoms with Gasteiger partial charge in [-0.2, -0.15) is 18.2 Å². The van der Waals surface area contributed by atoms with Crippen molar-refractivity contribution in [2.45, 2.75) is 19.5 Å². The number of carbonyl (C=O) groups is 1. The molecule has 0 aliphatic heterocycles. The number of hydrogen-bond donors (Lipinski definition) is 2. The normalized spacial score (nSPS) is 11.4. The average Bonchev–Trinajstić information content (AvgIpc) is 3.07. The lowest BCUT2D eigenvalue weighted by molar-refractivity contribution is -0.141. The quantitative estimate of drug-likeness (QED) is 0.559. The number of ether oxygens (including phenoxy) is 2. The van der Waals surface area contributed by atoms with Gasteiger partial charge in [0.1, 0.15) is 19.0 Å². The van der Waals surface area contributed by atoms with Gasteiger partial charge in [0.15, 0.2) is 5.69 Å². The number of rotatable bonds is 8. The first-order chi connectivity index (χ1) is 13.8. The van der Waals surface area contributed by atoms with Crippen molar-refractivity contribution >= 4 is 16.8 Å². The van der Waals surface area contributed by atoms with Crippen LogP contribution in [0.2, 0.25) is 0 Å². The molecule has 0 saturated carbocycles. The Morgan fingerprint density at radius 2 is 2.00 bits per heavy atom. The fourth-order valence-corrected chi connectivity index (χ4v) is 2.69. The summed E-state index contributed by atoms with van der Waals surface area (Å²) in [6.45, 7) is 2.09. The molecular weight excluding hydrogens is 389 g/mol. The number of hydrogen-bond acceptors (Lipinski definition) is 5. The summed E-state index contributed by atoms with van der Waals surface area (Å²) >= 11 is 0. The lowest BCUT2D eigenvalue weighted by Crippen LogP contribution is -2.22. The largest absolute Gasteiger partial charge is 0.490 e. The van der Waals surface area contributed by atoms with E-state index in [1.165, 1.54) is 6.92 Å². The van der Waals surface area contributed by atoms with Gasteiger partial charge >= 0.3 is 12.2 Å². The molecule has 0 unspecified atom stereocenters. The molecule has 0 aliphatic rings. The Morgan fingerprint density at radius 3 is 2.76 bits per heavy atom. The Balaban J connectivity index is 1.55. The van der Waals surface area contributed by atoms with Gasteiger partial charge in [-0.3, -0.25) is 4.79 Å². The third kappa shape index (κ3) is 5.59. The molecule has 0 saturated heterocycles. The summed E-state index contributed by atoms with van der Waals surface area (Å²) in [7, 11) is 0. The maximum Gasteiger partial charge on any atom is 0.433 e. The van der Waals surface area contributed by atoms with E-state index in [9.17, 15) is 18.0 Å². The molecule has 2 N–H and O–H groups in total. The summed E-state index contributed by atoms with van der Waals surface area (Å²) < 4.78 is 48.7. The van der Waals surface area contributed by atoms with Gasteiger partial charge in [0.2, 0.25) is 5.91 Å². The number of aromatic nitrogens is 3. The minimum atomic E-state index is -4.55. The number of nitrogens with zero attached hydrogens (tertiary/aromatic N) is 2. The van der Waals surface area contributed by atoms with E-state index in [2.05, 4.69) is 20.3 Å². The topological polar surface area (TPSA) is 89.1 Å². The Labute approximate surface area is 164 Å². The highest BCUT2D eigenvalue weighted by Gasteiger charge is 2.33. The van der Waals surface area contributed by atoms with Crippen molar-refractivity contribution in [3.05, 3.63) is 47.9 Å². The molecule has 7 nitrogen and oxygen atoms in total. The van der Waals surface area contributed by atoms with Crippen molar-refractivity contribution in [2.75, 3.05) is 19.8 Å². The zero-order chi connectivity index (χ0) is 20.9. The van der Waals surface area contributed by atoms with Crippen LogP contribution in [0.4, 0.5) is 13.2 Å². The van der Waals surface area contributed by atoms with Gasteiger partial charge in [0.25, 0.3) is 0 Å². The standard InChI is InChI=1S/C19H19F3N4O3/c1-12(27)23-6-4-13-11-25-16-3-2-14(10-15(13)16)28-8-9-29-18-24-7-5-17(26-18)19(20,21)22/h2-3,5,7,10-11,25H,4,6,8-9H2,1H3,(H,23,27). The van der Waals surface area contributed by atoms with Crippen LogP contribution in [0.25, 0.3) is 10.9 Å². The van der Waals surface area contributed by atoms with Crippen LogP contribution in [0.5, 0.6) is 11.8 Å². The Morgan fingerprint density at radius 1 is 1.21 bits per heavy atom. The van der Waals surface area contributed by atoms with E-state index < -0.39 is 11.9 Å². The van der Waals surface area contributed by atoms with Crippen LogP contribution in [0.1, 0.15) is 18.2 Å². The monoisotopic (exact) mass is 408 g/mol. The highest BCUT2D eigenvalue weighted by Crippen LogP contribution is 2.28. The fourth-order valence-electron chi connectivity index (χ4n) is 2.69. The summed E-state index contributed by atoms with van der Waals surface area (Å²) in [6.07, 6.45) is -1.01. The van der Waals surface area contributed by atoms with E-state index in [1.54, 1.807) is 6.07 Å². The minimum absolute atomic E-state index is 0.0120. The van der Waals surface area contributed by atoms with E-state index in [0.717, 1.165) is 28.7 Å². The number of halogens is 3. The van der Waals surface area contributed by atoms with Crippen LogP contribution in [0.15, 0.2) is 36.7 Å². The first kappa shape index (κ1) is 20.4. The maximum absolute atomic E-state index is 12.6. The third-order valence-electron chi connectivity index (χ3n) is 4.01. The molecule has 0 radical (unpaired) electrons. The molecule has 10 heteroatoms. The van der Waals surface area contributed by atoms with E-state index in [1.807, 2.05) is 18.3 Å². The van der Waals surface area contributed by atoms with Crippen LogP contribution in [-0.4, -0.2) is 40.6 Å². The maximum atomic E-state index is 12.6. The van der Waals surface area contributed by atoms with Gasteiger partial charge in [-0.25, -0.2) is 4.98 Å². The molecule has 3 rings (SSSR count). The predicted molar refractivity (Wildman–Crippen MR) is 98.7 cm³/mol. The van der Waals surface area contributed by atoms with Crippen molar-refractivity contribution in [3.63, 3.8) is 0 Å². The van der Waals surface area contributed by atoms with Crippen molar-refractivity contribution in [1.29, 1.82) is 0 Å². The number of carbonyl (C=O) groups excluding carboxylic acids is 1. The second-order valence-electron chi connectivity index (χ2n) is 6.17. The Bertz CT molecular complexity index is 988. The van der Waals surface area contributed by atoms with Gasteiger partial charge in [0, 0.05) is 36.8 Å². The summed E-state index contributed by atoms with van der Waals surface area (Å²) in [6, 6.07) is 5.92. The lowest BCUT2D eigenvalue weighted by Gasteiger charge is -2.09. The number of aromatic amines is 1. The molecule has 0 spiro atoms.